The molecule has 0 aromatic heterocycles. The van der Waals surface area contributed by atoms with Gasteiger partial charge in [0.1, 0.15) is 17.9 Å². The van der Waals surface area contributed by atoms with Crippen molar-refractivity contribution in [1.29, 1.82) is 0 Å². The van der Waals surface area contributed by atoms with Crippen molar-refractivity contribution in [1.82, 2.24) is 0 Å². The Balaban J connectivity index is 1.53. The van der Waals surface area contributed by atoms with Crippen LogP contribution in [0.4, 0.5) is 13.2 Å². The number of alkyl halides is 3. The number of aryl methyl sites for hydroxylation is 1. The molecule has 3 nitrogen and oxygen atoms in total. The standard InChI is InChI=1S/C24H20F3NO2/c1-15-5-3-4-6-21(15)23-28-22(16(2)29-23)19-9-7-17(8-10-19)18-11-13-20(14-12-18)30-24(25,26)27/h3-14,16,22H,1-2H3/t16-,22?/m0/s1. The predicted molar refractivity (Wildman–Crippen MR) is 110 cm³/mol. The molecule has 0 radical (unpaired) electrons. The number of hydrogen-bond acceptors (Lipinski definition) is 3. The van der Waals surface area contributed by atoms with Crippen molar-refractivity contribution in [2.75, 3.05) is 0 Å². The maximum Gasteiger partial charge on any atom is 0.573 e. The fourth-order valence-corrected chi connectivity index (χ4v) is 3.52. The summed E-state index contributed by atoms with van der Waals surface area (Å²) in [4.78, 5) is 4.79. The van der Waals surface area contributed by atoms with E-state index < -0.39 is 6.36 Å². The molecule has 4 rings (SSSR count). The summed E-state index contributed by atoms with van der Waals surface area (Å²) in [6.07, 6.45) is -4.79. The zero-order valence-electron chi connectivity index (χ0n) is 16.5. The van der Waals surface area contributed by atoms with Crippen molar-refractivity contribution in [2.24, 2.45) is 4.99 Å². The summed E-state index contributed by atoms with van der Waals surface area (Å²) in [5.41, 5.74) is 4.82. The Morgan fingerprint density at radius 2 is 1.47 bits per heavy atom. The number of ether oxygens (including phenoxy) is 2. The third-order valence-corrected chi connectivity index (χ3v) is 5.05. The normalized spacial score (nSPS) is 18.6. The van der Waals surface area contributed by atoms with Crippen molar-refractivity contribution >= 4 is 5.90 Å². The van der Waals surface area contributed by atoms with Gasteiger partial charge in [-0.2, -0.15) is 0 Å². The van der Waals surface area contributed by atoms with E-state index in [-0.39, 0.29) is 17.9 Å². The topological polar surface area (TPSA) is 30.8 Å². The molecule has 0 N–H and O–H groups in total. The van der Waals surface area contributed by atoms with Crippen LogP contribution in [0.2, 0.25) is 0 Å². The van der Waals surface area contributed by atoms with E-state index in [0.29, 0.717) is 5.90 Å². The van der Waals surface area contributed by atoms with Gasteiger partial charge < -0.3 is 9.47 Å². The van der Waals surface area contributed by atoms with Gasteiger partial charge in [0.05, 0.1) is 0 Å². The Morgan fingerprint density at radius 3 is 2.07 bits per heavy atom. The Bertz CT molecular complexity index is 1060. The highest BCUT2D eigenvalue weighted by Gasteiger charge is 2.31. The van der Waals surface area contributed by atoms with Crippen LogP contribution in [0.5, 0.6) is 5.75 Å². The zero-order chi connectivity index (χ0) is 21.3. The molecule has 2 atom stereocenters. The molecule has 1 unspecified atom stereocenters. The number of hydrogen-bond donors (Lipinski definition) is 0. The van der Waals surface area contributed by atoms with Crippen molar-refractivity contribution in [2.45, 2.75) is 32.4 Å². The summed E-state index contributed by atoms with van der Waals surface area (Å²) in [6.45, 7) is 4.02. The molecule has 0 aliphatic carbocycles. The monoisotopic (exact) mass is 411 g/mol. The SMILES string of the molecule is Cc1ccccc1C1=NC(c2ccc(-c3ccc(OC(F)(F)F)cc3)cc2)[C@H](C)O1. The van der Waals surface area contributed by atoms with Gasteiger partial charge >= 0.3 is 6.36 Å². The lowest BCUT2D eigenvalue weighted by atomic mass is 9.99. The molecular formula is C24H20F3NO2. The number of halogens is 3. The molecule has 1 aliphatic heterocycles. The van der Waals surface area contributed by atoms with Gasteiger partial charge in [-0.05, 0) is 54.3 Å². The van der Waals surface area contributed by atoms with Crippen molar-refractivity contribution in [3.05, 3.63) is 89.5 Å². The highest BCUT2D eigenvalue weighted by Crippen LogP contribution is 2.33. The smallest absolute Gasteiger partial charge is 0.472 e. The van der Waals surface area contributed by atoms with Crippen LogP contribution in [-0.2, 0) is 4.74 Å². The zero-order valence-corrected chi connectivity index (χ0v) is 16.5. The van der Waals surface area contributed by atoms with Crippen LogP contribution in [0.25, 0.3) is 11.1 Å². The fourth-order valence-electron chi connectivity index (χ4n) is 3.52. The van der Waals surface area contributed by atoms with Gasteiger partial charge in [-0.15, -0.1) is 13.2 Å². The number of benzene rings is 3. The molecule has 0 amide bonds. The van der Waals surface area contributed by atoms with Crippen LogP contribution in [0.15, 0.2) is 77.8 Å². The van der Waals surface area contributed by atoms with E-state index in [9.17, 15) is 13.2 Å². The Kier molecular flexibility index (Phi) is 5.24. The molecule has 0 saturated heterocycles. The Labute approximate surface area is 172 Å². The second-order valence-corrected chi connectivity index (χ2v) is 7.21. The quantitative estimate of drug-likeness (QED) is 0.493. The predicted octanol–water partition coefficient (Wildman–Crippen LogP) is 6.47. The van der Waals surface area contributed by atoms with Crippen LogP contribution >= 0.6 is 0 Å². The van der Waals surface area contributed by atoms with Crippen LogP contribution in [0.3, 0.4) is 0 Å². The molecule has 3 aromatic carbocycles. The summed E-state index contributed by atoms with van der Waals surface area (Å²) in [5.74, 6) is 0.410. The average molecular weight is 411 g/mol. The number of aliphatic imine (C=N–C) groups is 1. The van der Waals surface area contributed by atoms with Gasteiger partial charge in [0, 0.05) is 5.56 Å². The van der Waals surface area contributed by atoms with E-state index >= 15 is 0 Å². The lowest BCUT2D eigenvalue weighted by Gasteiger charge is -2.14. The molecule has 6 heteroatoms. The summed E-state index contributed by atoms with van der Waals surface area (Å²) < 4.78 is 46.8. The lowest BCUT2D eigenvalue weighted by molar-refractivity contribution is -0.274. The maximum absolute atomic E-state index is 12.3. The van der Waals surface area contributed by atoms with E-state index in [1.807, 2.05) is 62.4 Å². The molecule has 3 aromatic rings. The molecule has 0 bridgehead atoms. The molecule has 0 spiro atoms. The van der Waals surface area contributed by atoms with Crippen molar-refractivity contribution in [3.63, 3.8) is 0 Å². The first-order valence-electron chi connectivity index (χ1n) is 9.57. The van der Waals surface area contributed by atoms with E-state index in [1.165, 1.54) is 12.1 Å². The second kappa shape index (κ2) is 7.86. The minimum absolute atomic E-state index is 0.0933. The summed E-state index contributed by atoms with van der Waals surface area (Å²) >= 11 is 0. The lowest BCUT2D eigenvalue weighted by Crippen LogP contribution is -2.16. The third-order valence-electron chi connectivity index (χ3n) is 5.05. The van der Waals surface area contributed by atoms with E-state index in [4.69, 9.17) is 9.73 Å². The summed E-state index contributed by atoms with van der Waals surface area (Å²) in [6, 6.07) is 21.5. The van der Waals surface area contributed by atoms with Gasteiger partial charge in [-0.3, -0.25) is 0 Å². The van der Waals surface area contributed by atoms with E-state index in [2.05, 4.69) is 4.74 Å². The summed E-state index contributed by atoms with van der Waals surface area (Å²) in [5, 5.41) is 0. The highest BCUT2D eigenvalue weighted by molar-refractivity contribution is 5.96. The van der Waals surface area contributed by atoms with Crippen LogP contribution < -0.4 is 4.74 Å². The van der Waals surface area contributed by atoms with Crippen molar-refractivity contribution in [3.8, 4) is 16.9 Å². The molecule has 154 valence electrons. The third kappa shape index (κ3) is 4.32. The number of rotatable bonds is 4. The summed E-state index contributed by atoms with van der Waals surface area (Å²) in [7, 11) is 0. The minimum Gasteiger partial charge on any atom is -0.472 e. The Morgan fingerprint density at radius 1 is 0.867 bits per heavy atom. The first-order valence-corrected chi connectivity index (χ1v) is 9.57. The van der Waals surface area contributed by atoms with Gasteiger partial charge in [0.25, 0.3) is 0 Å². The highest BCUT2D eigenvalue weighted by atomic mass is 19.4. The minimum atomic E-state index is -4.69. The average Bonchev–Trinajstić information content (AvgIpc) is 3.09. The molecule has 1 heterocycles. The molecule has 30 heavy (non-hydrogen) atoms. The van der Waals surface area contributed by atoms with E-state index in [0.717, 1.165) is 27.8 Å². The molecule has 0 fully saturated rings. The van der Waals surface area contributed by atoms with Gasteiger partial charge in [-0.25, -0.2) is 4.99 Å². The molecular weight excluding hydrogens is 391 g/mol. The fraction of sp³-hybridized carbons (Fsp3) is 0.208. The van der Waals surface area contributed by atoms with Crippen LogP contribution in [-0.4, -0.2) is 18.4 Å². The van der Waals surface area contributed by atoms with E-state index in [1.54, 1.807) is 12.1 Å². The van der Waals surface area contributed by atoms with Crippen LogP contribution in [0.1, 0.15) is 29.7 Å². The van der Waals surface area contributed by atoms with Gasteiger partial charge in [0.15, 0.2) is 0 Å². The van der Waals surface area contributed by atoms with Crippen LogP contribution in [0, 0.1) is 6.92 Å². The Hall–Kier alpha value is -3.28. The van der Waals surface area contributed by atoms with Gasteiger partial charge in [-0.1, -0.05) is 54.6 Å². The van der Waals surface area contributed by atoms with Gasteiger partial charge in [0.2, 0.25) is 5.90 Å². The first-order chi connectivity index (χ1) is 14.3. The molecule has 0 saturated carbocycles. The first kappa shape index (κ1) is 20.0. The van der Waals surface area contributed by atoms with Crippen molar-refractivity contribution < 1.29 is 22.6 Å². The second-order valence-electron chi connectivity index (χ2n) is 7.21. The molecule has 1 aliphatic rings. The maximum atomic E-state index is 12.3. The largest absolute Gasteiger partial charge is 0.573 e. The number of nitrogens with zero attached hydrogens (tertiary/aromatic N) is 1.